The Balaban J connectivity index is 2.08. The van der Waals surface area contributed by atoms with Gasteiger partial charge < -0.3 is 10.2 Å². The molecule has 0 atom stereocenters. The van der Waals surface area contributed by atoms with Crippen molar-refractivity contribution in [1.29, 1.82) is 0 Å². The summed E-state index contributed by atoms with van der Waals surface area (Å²) in [5, 5.41) is 0. The van der Waals surface area contributed by atoms with Gasteiger partial charge in [-0.2, -0.15) is 0 Å². The molecule has 3 rings (SSSR count). The Bertz CT molecular complexity index is 1050. The Hall–Kier alpha value is -2.91. The van der Waals surface area contributed by atoms with Crippen LogP contribution < -0.4 is 16.4 Å². The van der Waals surface area contributed by atoms with Crippen molar-refractivity contribution in [1.82, 2.24) is 20.0 Å². The average Bonchev–Trinajstić information content (AvgIpc) is 2.72. The van der Waals surface area contributed by atoms with Gasteiger partial charge in [0, 0.05) is 18.7 Å². The van der Waals surface area contributed by atoms with Crippen LogP contribution in [0.1, 0.15) is 20.3 Å². The lowest BCUT2D eigenvalue weighted by Crippen LogP contribution is -2.32. The molecule has 7 nitrogen and oxygen atoms in total. The van der Waals surface area contributed by atoms with Crippen LogP contribution in [-0.4, -0.2) is 34.3 Å². The van der Waals surface area contributed by atoms with Crippen LogP contribution in [0.5, 0.6) is 0 Å². The summed E-state index contributed by atoms with van der Waals surface area (Å²) in [5.74, 6) is -1.73. The molecule has 154 valence electrons. The quantitative estimate of drug-likeness (QED) is 0.422. The number of nitrogens with zero attached hydrogens (tertiary/aromatic N) is 3. The van der Waals surface area contributed by atoms with Crippen LogP contribution in [0, 0.1) is 11.6 Å². The Labute approximate surface area is 166 Å². The number of halogens is 2. The van der Waals surface area contributed by atoms with Crippen molar-refractivity contribution in [3.05, 3.63) is 52.3 Å². The number of hydrazine groups is 1. The fraction of sp³-hybridized carbons (Fsp3) is 0.350. The van der Waals surface area contributed by atoms with Crippen LogP contribution in [0.25, 0.3) is 22.4 Å². The maximum absolute atomic E-state index is 13.6. The lowest BCUT2D eigenvalue weighted by atomic mass is 10.1. The van der Waals surface area contributed by atoms with Gasteiger partial charge in [0.2, 0.25) is 5.82 Å². The summed E-state index contributed by atoms with van der Waals surface area (Å²) in [6, 6.07) is 6.91. The first-order chi connectivity index (χ1) is 14.0. The predicted octanol–water partition coefficient (Wildman–Crippen LogP) is 3.10. The summed E-state index contributed by atoms with van der Waals surface area (Å²) >= 11 is 0. The third-order valence-corrected chi connectivity index (χ3v) is 4.25. The molecule has 9 heteroatoms. The van der Waals surface area contributed by atoms with Crippen molar-refractivity contribution in [2.24, 2.45) is 0 Å². The lowest BCUT2D eigenvalue weighted by molar-refractivity contribution is 0.139. The van der Waals surface area contributed by atoms with Crippen molar-refractivity contribution < 1.29 is 13.5 Å². The van der Waals surface area contributed by atoms with Gasteiger partial charge in [0.15, 0.2) is 17.3 Å². The Morgan fingerprint density at radius 1 is 1.10 bits per heavy atom. The standard InChI is InChI=1S/C20H23F2N5O2/c1-3-9-23-26-18-20(28)27(10-11-29-4-2)19-17(24-18)8-7-16(25-19)13-5-6-14(21)15(22)12-13/h5-8,12,23H,3-4,9-11H2,1-2H3,(H,24,26). The lowest BCUT2D eigenvalue weighted by Gasteiger charge is -2.14. The van der Waals surface area contributed by atoms with Gasteiger partial charge in [0.05, 0.1) is 18.8 Å². The number of pyridine rings is 1. The molecule has 0 spiro atoms. The predicted molar refractivity (Wildman–Crippen MR) is 108 cm³/mol. The molecule has 1 aromatic carbocycles. The minimum Gasteiger partial charge on any atom is -0.380 e. The van der Waals surface area contributed by atoms with Crippen LogP contribution in [0.3, 0.4) is 0 Å². The maximum Gasteiger partial charge on any atom is 0.296 e. The van der Waals surface area contributed by atoms with Crippen molar-refractivity contribution in [2.75, 3.05) is 25.2 Å². The molecule has 0 fully saturated rings. The van der Waals surface area contributed by atoms with Gasteiger partial charge in [0.1, 0.15) is 5.52 Å². The van der Waals surface area contributed by atoms with E-state index in [0.29, 0.717) is 42.2 Å². The second kappa shape index (κ2) is 9.53. The number of benzene rings is 1. The van der Waals surface area contributed by atoms with E-state index in [1.807, 2.05) is 13.8 Å². The number of ether oxygens (including phenoxy) is 1. The van der Waals surface area contributed by atoms with Crippen molar-refractivity contribution >= 4 is 17.0 Å². The molecule has 0 saturated carbocycles. The topological polar surface area (TPSA) is 81.1 Å². The van der Waals surface area contributed by atoms with Gasteiger partial charge in [-0.05, 0) is 43.7 Å². The Morgan fingerprint density at radius 2 is 1.93 bits per heavy atom. The van der Waals surface area contributed by atoms with Gasteiger partial charge in [-0.3, -0.25) is 9.36 Å². The van der Waals surface area contributed by atoms with E-state index >= 15 is 0 Å². The zero-order chi connectivity index (χ0) is 20.8. The normalized spacial score (nSPS) is 11.2. The third kappa shape index (κ3) is 4.75. The van der Waals surface area contributed by atoms with E-state index in [1.54, 1.807) is 12.1 Å². The van der Waals surface area contributed by atoms with Crippen LogP contribution in [0.2, 0.25) is 0 Å². The number of fused-ring (bicyclic) bond motifs is 1. The minimum atomic E-state index is -0.960. The Morgan fingerprint density at radius 3 is 2.66 bits per heavy atom. The van der Waals surface area contributed by atoms with Crippen LogP contribution in [0.15, 0.2) is 35.1 Å². The van der Waals surface area contributed by atoms with E-state index in [-0.39, 0.29) is 17.9 Å². The summed E-state index contributed by atoms with van der Waals surface area (Å²) in [6.45, 7) is 5.68. The van der Waals surface area contributed by atoms with E-state index in [2.05, 4.69) is 20.8 Å². The van der Waals surface area contributed by atoms with Crippen molar-refractivity contribution in [3.63, 3.8) is 0 Å². The van der Waals surface area contributed by atoms with E-state index in [4.69, 9.17) is 4.74 Å². The minimum absolute atomic E-state index is 0.157. The highest BCUT2D eigenvalue weighted by Crippen LogP contribution is 2.22. The first-order valence-electron chi connectivity index (χ1n) is 9.48. The number of nitrogens with one attached hydrogen (secondary N) is 2. The zero-order valence-corrected chi connectivity index (χ0v) is 16.3. The van der Waals surface area contributed by atoms with E-state index < -0.39 is 11.6 Å². The number of hydrogen-bond acceptors (Lipinski definition) is 6. The second-order valence-electron chi connectivity index (χ2n) is 6.33. The first-order valence-corrected chi connectivity index (χ1v) is 9.48. The average molecular weight is 403 g/mol. The number of anilines is 1. The SMILES string of the molecule is CCCNNc1nc2ccc(-c3ccc(F)c(F)c3)nc2n(CCOCC)c1=O. The van der Waals surface area contributed by atoms with Crippen molar-refractivity contribution in [2.45, 2.75) is 26.8 Å². The Kier molecular flexibility index (Phi) is 6.84. The largest absolute Gasteiger partial charge is 0.380 e. The van der Waals surface area contributed by atoms with E-state index in [0.717, 1.165) is 18.6 Å². The molecule has 29 heavy (non-hydrogen) atoms. The summed E-state index contributed by atoms with van der Waals surface area (Å²) in [4.78, 5) is 21.8. The van der Waals surface area contributed by atoms with Gasteiger partial charge in [-0.15, -0.1) is 0 Å². The molecule has 0 bridgehead atoms. The smallest absolute Gasteiger partial charge is 0.296 e. The van der Waals surface area contributed by atoms with Gasteiger partial charge in [-0.25, -0.2) is 24.2 Å². The highest BCUT2D eigenvalue weighted by molar-refractivity contribution is 5.76. The molecular weight excluding hydrogens is 380 g/mol. The first kappa shape index (κ1) is 20.8. The molecule has 0 aliphatic carbocycles. The molecule has 0 unspecified atom stereocenters. The number of hydrogen-bond donors (Lipinski definition) is 2. The highest BCUT2D eigenvalue weighted by Gasteiger charge is 2.14. The second-order valence-corrected chi connectivity index (χ2v) is 6.33. The molecule has 0 aliphatic rings. The fourth-order valence-corrected chi connectivity index (χ4v) is 2.80. The molecule has 2 heterocycles. The van der Waals surface area contributed by atoms with Gasteiger partial charge >= 0.3 is 0 Å². The summed E-state index contributed by atoms with van der Waals surface area (Å²) < 4.78 is 33.7. The third-order valence-electron chi connectivity index (χ3n) is 4.25. The monoisotopic (exact) mass is 403 g/mol. The van der Waals surface area contributed by atoms with E-state index in [1.165, 1.54) is 10.6 Å². The summed E-state index contributed by atoms with van der Waals surface area (Å²) in [7, 11) is 0. The van der Waals surface area contributed by atoms with Crippen molar-refractivity contribution in [3.8, 4) is 11.3 Å². The molecule has 0 radical (unpaired) electrons. The summed E-state index contributed by atoms with van der Waals surface area (Å²) in [6.07, 6.45) is 0.887. The van der Waals surface area contributed by atoms with Gasteiger partial charge in [-0.1, -0.05) is 6.92 Å². The zero-order valence-electron chi connectivity index (χ0n) is 16.3. The molecule has 2 N–H and O–H groups in total. The maximum atomic E-state index is 13.6. The summed E-state index contributed by atoms with van der Waals surface area (Å²) in [5.41, 5.74) is 7.09. The van der Waals surface area contributed by atoms with Crippen LogP contribution in [0.4, 0.5) is 14.6 Å². The van der Waals surface area contributed by atoms with Crippen LogP contribution in [-0.2, 0) is 11.3 Å². The number of rotatable bonds is 9. The van der Waals surface area contributed by atoms with Gasteiger partial charge in [0.25, 0.3) is 5.56 Å². The fourth-order valence-electron chi connectivity index (χ4n) is 2.80. The molecule has 0 amide bonds. The molecule has 2 aromatic heterocycles. The van der Waals surface area contributed by atoms with Crippen LogP contribution >= 0.6 is 0 Å². The highest BCUT2D eigenvalue weighted by atomic mass is 19.2. The molecule has 0 saturated heterocycles. The molecule has 0 aliphatic heterocycles. The molecule has 3 aromatic rings. The molecular formula is C20H23F2N5O2. The van der Waals surface area contributed by atoms with E-state index in [9.17, 15) is 13.6 Å². The number of aromatic nitrogens is 3.